The van der Waals surface area contributed by atoms with Gasteiger partial charge >= 0.3 is 0 Å². The highest BCUT2D eigenvalue weighted by Crippen LogP contribution is 2.29. The van der Waals surface area contributed by atoms with Gasteiger partial charge in [-0.05, 0) is 19.9 Å². The molecule has 68 valence electrons. The number of hydrogen-bond acceptors (Lipinski definition) is 5. The van der Waals surface area contributed by atoms with Gasteiger partial charge < -0.3 is 16.6 Å². The van der Waals surface area contributed by atoms with E-state index in [-0.39, 0.29) is 0 Å². The zero-order chi connectivity index (χ0) is 9.19. The summed E-state index contributed by atoms with van der Waals surface area (Å²) in [4.78, 5) is 4.63. The third-order valence-electron chi connectivity index (χ3n) is 1.69. The molecule has 5 N–H and O–H groups in total. The van der Waals surface area contributed by atoms with Crippen LogP contribution in [0.2, 0.25) is 0 Å². The van der Waals surface area contributed by atoms with E-state index < -0.39 is 5.60 Å². The van der Waals surface area contributed by atoms with Gasteiger partial charge in [-0.15, -0.1) is 0 Å². The van der Waals surface area contributed by atoms with Gasteiger partial charge in [0.15, 0.2) is 5.13 Å². The number of aliphatic hydroxyl groups is 1. The van der Waals surface area contributed by atoms with E-state index in [9.17, 15) is 5.11 Å². The molecule has 0 radical (unpaired) electrons. The fraction of sp³-hybridized carbons (Fsp3) is 0.571. The first-order valence-electron chi connectivity index (χ1n) is 3.70. The highest BCUT2D eigenvalue weighted by atomic mass is 32.1. The van der Waals surface area contributed by atoms with Crippen molar-refractivity contribution in [3.8, 4) is 0 Å². The van der Waals surface area contributed by atoms with Crippen LogP contribution in [0.4, 0.5) is 5.13 Å². The minimum absolute atomic E-state index is 0.449. The highest BCUT2D eigenvalue weighted by Gasteiger charge is 2.24. The number of nitrogens with zero attached hydrogens (tertiary/aromatic N) is 1. The summed E-state index contributed by atoms with van der Waals surface area (Å²) in [5.41, 5.74) is 9.90. The van der Waals surface area contributed by atoms with Crippen molar-refractivity contribution in [1.29, 1.82) is 0 Å². The maximum atomic E-state index is 9.83. The maximum absolute atomic E-state index is 9.83. The summed E-state index contributed by atoms with van der Waals surface area (Å²) in [6, 6.07) is 0. The summed E-state index contributed by atoms with van der Waals surface area (Å²) in [6.07, 6.45) is 2.12. The summed E-state index contributed by atoms with van der Waals surface area (Å²) < 4.78 is 0. The van der Waals surface area contributed by atoms with E-state index in [4.69, 9.17) is 11.5 Å². The number of nitrogens with two attached hydrogens (primary N) is 2. The van der Waals surface area contributed by atoms with Crippen molar-refractivity contribution in [2.24, 2.45) is 5.73 Å². The van der Waals surface area contributed by atoms with Crippen LogP contribution < -0.4 is 11.5 Å². The number of hydrogen-bond donors (Lipinski definition) is 3. The Kier molecular flexibility index (Phi) is 2.66. The molecule has 1 aromatic rings. The van der Waals surface area contributed by atoms with Gasteiger partial charge in [-0.1, -0.05) is 11.3 Å². The molecule has 0 spiro atoms. The van der Waals surface area contributed by atoms with Crippen LogP contribution in [0.15, 0.2) is 6.20 Å². The number of rotatable bonds is 3. The first-order chi connectivity index (χ1) is 5.56. The van der Waals surface area contributed by atoms with Crippen LogP contribution in [0, 0.1) is 0 Å². The molecule has 1 heterocycles. The van der Waals surface area contributed by atoms with Crippen molar-refractivity contribution in [2.75, 3.05) is 12.3 Å². The Balaban J connectivity index is 2.81. The Bertz CT molecular complexity index is 259. The molecule has 0 aliphatic rings. The third-order valence-corrected chi connectivity index (χ3v) is 2.77. The lowest BCUT2D eigenvalue weighted by Crippen LogP contribution is -2.23. The Morgan fingerprint density at radius 2 is 2.42 bits per heavy atom. The Hall–Kier alpha value is -0.650. The molecule has 0 aromatic carbocycles. The molecular weight excluding hydrogens is 174 g/mol. The Morgan fingerprint density at radius 3 is 2.83 bits per heavy atom. The molecular formula is C7H13N3OS. The summed E-state index contributed by atoms with van der Waals surface area (Å²) >= 11 is 1.30. The summed E-state index contributed by atoms with van der Waals surface area (Å²) in [6.45, 7) is 2.16. The first kappa shape index (κ1) is 9.44. The Labute approximate surface area is 75.2 Å². The number of aromatic nitrogens is 1. The molecule has 5 heteroatoms. The molecule has 4 nitrogen and oxygen atoms in total. The second-order valence-corrected chi connectivity index (χ2v) is 3.94. The minimum atomic E-state index is -0.885. The van der Waals surface area contributed by atoms with Gasteiger partial charge in [0, 0.05) is 6.20 Å². The van der Waals surface area contributed by atoms with Crippen LogP contribution in [-0.4, -0.2) is 16.6 Å². The van der Waals surface area contributed by atoms with Crippen LogP contribution in [0.25, 0.3) is 0 Å². The molecule has 0 aliphatic carbocycles. The monoisotopic (exact) mass is 187 g/mol. The van der Waals surface area contributed by atoms with Gasteiger partial charge in [0.2, 0.25) is 0 Å². The average Bonchev–Trinajstić information content (AvgIpc) is 2.36. The largest absolute Gasteiger partial charge is 0.385 e. The van der Waals surface area contributed by atoms with Crippen LogP contribution in [0.5, 0.6) is 0 Å². The van der Waals surface area contributed by atoms with Crippen molar-refractivity contribution in [2.45, 2.75) is 18.9 Å². The van der Waals surface area contributed by atoms with Crippen LogP contribution in [0.3, 0.4) is 0 Å². The Morgan fingerprint density at radius 1 is 1.75 bits per heavy atom. The lowest BCUT2D eigenvalue weighted by Gasteiger charge is -2.19. The SMILES string of the molecule is CC(O)(CCN)c1cnc(N)s1. The molecule has 1 rings (SSSR count). The maximum Gasteiger partial charge on any atom is 0.180 e. The molecule has 1 atom stereocenters. The van der Waals surface area contributed by atoms with Gasteiger partial charge in [0.05, 0.1) is 10.5 Å². The molecule has 1 aromatic heterocycles. The predicted molar refractivity (Wildman–Crippen MR) is 49.8 cm³/mol. The van der Waals surface area contributed by atoms with Gasteiger partial charge in [-0.3, -0.25) is 0 Å². The smallest absolute Gasteiger partial charge is 0.180 e. The molecule has 0 aliphatic heterocycles. The van der Waals surface area contributed by atoms with Gasteiger partial charge in [-0.2, -0.15) is 0 Å². The van der Waals surface area contributed by atoms with E-state index in [1.807, 2.05) is 0 Å². The number of thiazole rings is 1. The standard InChI is InChI=1S/C7H13N3OS/c1-7(11,2-3-8)5-4-10-6(9)12-5/h4,11H,2-3,8H2,1H3,(H2,9,10). The molecule has 1 unspecified atom stereocenters. The van der Waals surface area contributed by atoms with Crippen LogP contribution in [-0.2, 0) is 5.60 Å². The summed E-state index contributed by atoms with van der Waals surface area (Å²) in [5, 5.41) is 10.3. The lowest BCUT2D eigenvalue weighted by atomic mass is 10.0. The second-order valence-electron chi connectivity index (χ2n) is 2.88. The van der Waals surface area contributed by atoms with Crippen molar-refractivity contribution < 1.29 is 5.11 Å². The van der Waals surface area contributed by atoms with E-state index in [1.165, 1.54) is 11.3 Å². The van der Waals surface area contributed by atoms with E-state index in [0.717, 1.165) is 4.88 Å². The van der Waals surface area contributed by atoms with E-state index in [2.05, 4.69) is 4.98 Å². The van der Waals surface area contributed by atoms with Gasteiger partial charge in [0.1, 0.15) is 0 Å². The normalized spacial score (nSPS) is 15.9. The lowest BCUT2D eigenvalue weighted by molar-refractivity contribution is 0.0540. The highest BCUT2D eigenvalue weighted by molar-refractivity contribution is 7.15. The van der Waals surface area contributed by atoms with Crippen LogP contribution >= 0.6 is 11.3 Å². The fourth-order valence-corrected chi connectivity index (χ4v) is 1.70. The quantitative estimate of drug-likeness (QED) is 0.634. The van der Waals surface area contributed by atoms with Crippen molar-refractivity contribution >= 4 is 16.5 Å². The van der Waals surface area contributed by atoms with Gasteiger partial charge in [-0.25, -0.2) is 4.98 Å². The van der Waals surface area contributed by atoms with Crippen molar-refractivity contribution in [3.05, 3.63) is 11.1 Å². The summed E-state index contributed by atoms with van der Waals surface area (Å²) in [5.74, 6) is 0. The predicted octanol–water partition coefficient (Wildman–Crippen LogP) is 0.282. The van der Waals surface area contributed by atoms with Crippen molar-refractivity contribution in [1.82, 2.24) is 4.98 Å². The third kappa shape index (κ3) is 1.94. The molecule has 0 bridgehead atoms. The topological polar surface area (TPSA) is 85.2 Å². The summed E-state index contributed by atoms with van der Waals surface area (Å²) in [7, 11) is 0. The molecule has 0 saturated carbocycles. The van der Waals surface area contributed by atoms with E-state index in [1.54, 1.807) is 13.1 Å². The first-order valence-corrected chi connectivity index (χ1v) is 4.52. The molecule has 12 heavy (non-hydrogen) atoms. The fourth-order valence-electron chi connectivity index (χ4n) is 0.941. The van der Waals surface area contributed by atoms with Crippen molar-refractivity contribution in [3.63, 3.8) is 0 Å². The van der Waals surface area contributed by atoms with Crippen LogP contribution in [0.1, 0.15) is 18.2 Å². The number of anilines is 1. The molecule has 0 amide bonds. The van der Waals surface area contributed by atoms with E-state index >= 15 is 0 Å². The zero-order valence-corrected chi connectivity index (χ0v) is 7.77. The number of nitrogen functional groups attached to an aromatic ring is 1. The van der Waals surface area contributed by atoms with E-state index in [0.29, 0.717) is 18.1 Å². The minimum Gasteiger partial charge on any atom is -0.385 e. The van der Waals surface area contributed by atoms with Gasteiger partial charge in [0.25, 0.3) is 0 Å². The average molecular weight is 187 g/mol. The molecule has 0 saturated heterocycles. The zero-order valence-electron chi connectivity index (χ0n) is 6.95. The second kappa shape index (κ2) is 3.38. The molecule has 0 fully saturated rings.